The van der Waals surface area contributed by atoms with E-state index < -0.39 is 17.8 Å². The van der Waals surface area contributed by atoms with E-state index in [9.17, 15) is 15.0 Å². The van der Waals surface area contributed by atoms with Crippen LogP contribution in [0.25, 0.3) is 0 Å². The highest BCUT2D eigenvalue weighted by Gasteiger charge is 2.66. The van der Waals surface area contributed by atoms with E-state index in [1.807, 2.05) is 12.2 Å². The molecule has 3 aliphatic rings. The van der Waals surface area contributed by atoms with Crippen LogP contribution < -0.4 is 0 Å². The molecule has 148 valence electrons. The van der Waals surface area contributed by atoms with Crippen molar-refractivity contribution >= 4 is 5.78 Å². The Morgan fingerprint density at radius 2 is 2.00 bits per heavy atom. The van der Waals surface area contributed by atoms with E-state index in [0.717, 1.165) is 32.1 Å². The normalized spacial score (nSPS) is 39.6. The van der Waals surface area contributed by atoms with E-state index in [4.69, 9.17) is 4.74 Å². The van der Waals surface area contributed by atoms with Crippen LogP contribution in [0.3, 0.4) is 0 Å². The van der Waals surface area contributed by atoms with Crippen LogP contribution in [0.1, 0.15) is 71.1 Å². The molecule has 3 saturated carbocycles. The fraction of sp³-hybridized carbons (Fsp3) is 0.864. The van der Waals surface area contributed by atoms with E-state index in [-0.39, 0.29) is 23.5 Å². The first-order valence-corrected chi connectivity index (χ1v) is 10.7. The minimum absolute atomic E-state index is 0.00803. The average molecular weight is 365 g/mol. The number of rotatable bonds is 7. The Labute approximate surface area is 158 Å². The van der Waals surface area contributed by atoms with Gasteiger partial charge in [-0.2, -0.15) is 0 Å². The summed E-state index contributed by atoms with van der Waals surface area (Å²) in [6.07, 6.45) is 13.0. The van der Waals surface area contributed by atoms with Gasteiger partial charge in [0.05, 0.1) is 12.2 Å². The fourth-order valence-corrected chi connectivity index (χ4v) is 5.73. The molecule has 0 radical (unpaired) electrons. The van der Waals surface area contributed by atoms with E-state index in [1.165, 1.54) is 19.3 Å². The van der Waals surface area contributed by atoms with Gasteiger partial charge in [0.25, 0.3) is 0 Å². The standard InChI is InChI=1S/C22H36O4/c1-3-4-10-17-20-16(11-12-18(23)15-8-6-5-7-9-15)19(24)13-14-22(20,26-2)21(17)25/h11-12,15-20,23-24H,3-10,13-14H2,1-2H3/b12-11+/t16-,17?,18+,19+,20-,22+/m0/s1. The Kier molecular flexibility index (Phi) is 6.58. The van der Waals surface area contributed by atoms with Gasteiger partial charge in [0, 0.05) is 24.9 Å². The van der Waals surface area contributed by atoms with Crippen molar-refractivity contribution in [3.05, 3.63) is 12.2 Å². The number of Topliss-reactive ketones (excluding diaryl/α,β-unsaturated/α-hetero) is 1. The molecule has 0 amide bonds. The molecule has 2 N–H and O–H groups in total. The van der Waals surface area contributed by atoms with Crippen molar-refractivity contribution in [2.45, 2.75) is 88.9 Å². The van der Waals surface area contributed by atoms with Crippen LogP contribution in [-0.4, -0.2) is 40.9 Å². The second-order valence-electron chi connectivity index (χ2n) is 8.69. The molecule has 1 unspecified atom stereocenters. The van der Waals surface area contributed by atoms with E-state index >= 15 is 0 Å². The lowest BCUT2D eigenvalue weighted by Crippen LogP contribution is -2.70. The lowest BCUT2D eigenvalue weighted by atomic mass is 9.49. The van der Waals surface area contributed by atoms with Crippen molar-refractivity contribution in [2.75, 3.05) is 7.11 Å². The molecule has 0 aromatic carbocycles. The average Bonchev–Trinajstić information content (AvgIpc) is 2.68. The third-order valence-electron chi connectivity index (χ3n) is 7.29. The lowest BCUT2D eigenvalue weighted by molar-refractivity contribution is -0.209. The number of methoxy groups -OCH3 is 1. The molecule has 3 aliphatic carbocycles. The van der Waals surface area contributed by atoms with Crippen molar-refractivity contribution in [1.82, 2.24) is 0 Å². The van der Waals surface area contributed by atoms with Gasteiger partial charge < -0.3 is 14.9 Å². The second kappa shape index (κ2) is 8.53. The third kappa shape index (κ3) is 3.53. The Bertz CT molecular complexity index is 510. The van der Waals surface area contributed by atoms with Gasteiger partial charge in [0.1, 0.15) is 5.60 Å². The SMILES string of the molecule is CCCCC1C(=O)[C@@]2(OC)CC[C@@H](O)[C@H](/C=C/[C@@H](O)C3CCCCC3)[C@@H]12. The molecular formula is C22H36O4. The van der Waals surface area contributed by atoms with Crippen LogP contribution in [0.5, 0.6) is 0 Å². The Morgan fingerprint density at radius 1 is 1.27 bits per heavy atom. The zero-order valence-corrected chi connectivity index (χ0v) is 16.4. The number of aliphatic hydroxyl groups excluding tert-OH is 2. The molecule has 0 heterocycles. The Balaban J connectivity index is 1.74. The largest absolute Gasteiger partial charge is 0.393 e. The van der Waals surface area contributed by atoms with Crippen LogP contribution in [0.4, 0.5) is 0 Å². The molecule has 0 aromatic heterocycles. The minimum Gasteiger partial charge on any atom is -0.393 e. The number of unbranched alkanes of at least 4 members (excludes halogenated alkanes) is 1. The number of aliphatic hydroxyl groups is 2. The summed E-state index contributed by atoms with van der Waals surface area (Å²) in [5.74, 6) is 0.515. The highest BCUT2D eigenvalue weighted by atomic mass is 16.5. The third-order valence-corrected chi connectivity index (χ3v) is 7.29. The van der Waals surface area contributed by atoms with E-state index in [0.29, 0.717) is 18.8 Å². The molecular weight excluding hydrogens is 328 g/mol. The van der Waals surface area contributed by atoms with Crippen molar-refractivity contribution in [2.24, 2.45) is 23.7 Å². The maximum atomic E-state index is 12.8. The molecule has 0 aliphatic heterocycles. The van der Waals surface area contributed by atoms with Crippen LogP contribution in [0.2, 0.25) is 0 Å². The maximum absolute atomic E-state index is 12.8. The summed E-state index contributed by atoms with van der Waals surface area (Å²) >= 11 is 0. The lowest BCUT2D eigenvalue weighted by Gasteiger charge is -2.58. The number of carbonyl (C=O) groups is 1. The molecule has 0 saturated heterocycles. The minimum atomic E-state index is -0.706. The highest BCUT2D eigenvalue weighted by molar-refractivity contribution is 5.97. The summed E-state index contributed by atoms with van der Waals surface area (Å²) in [5, 5.41) is 21.2. The zero-order valence-electron chi connectivity index (χ0n) is 16.4. The summed E-state index contributed by atoms with van der Waals surface area (Å²) in [4.78, 5) is 12.8. The molecule has 0 spiro atoms. The fourth-order valence-electron chi connectivity index (χ4n) is 5.73. The summed E-state index contributed by atoms with van der Waals surface area (Å²) in [7, 11) is 1.64. The highest BCUT2D eigenvalue weighted by Crippen LogP contribution is 2.56. The summed E-state index contributed by atoms with van der Waals surface area (Å²) in [5.41, 5.74) is -0.706. The van der Waals surface area contributed by atoms with Crippen LogP contribution in [0.15, 0.2) is 12.2 Å². The maximum Gasteiger partial charge on any atom is 0.168 e. The van der Waals surface area contributed by atoms with Gasteiger partial charge in [0.15, 0.2) is 5.78 Å². The molecule has 0 aromatic rings. The smallest absolute Gasteiger partial charge is 0.168 e. The van der Waals surface area contributed by atoms with Crippen molar-refractivity contribution < 1.29 is 19.7 Å². The number of fused-ring (bicyclic) bond motifs is 1. The second-order valence-corrected chi connectivity index (χ2v) is 8.69. The molecule has 6 atom stereocenters. The molecule has 26 heavy (non-hydrogen) atoms. The molecule has 0 bridgehead atoms. The van der Waals surface area contributed by atoms with Gasteiger partial charge in [0.2, 0.25) is 0 Å². The first-order valence-electron chi connectivity index (χ1n) is 10.7. The monoisotopic (exact) mass is 364 g/mol. The van der Waals surface area contributed by atoms with Gasteiger partial charge in [-0.15, -0.1) is 0 Å². The van der Waals surface area contributed by atoms with E-state index in [1.54, 1.807) is 7.11 Å². The van der Waals surface area contributed by atoms with Gasteiger partial charge in [-0.1, -0.05) is 51.2 Å². The first kappa shape index (κ1) is 20.0. The van der Waals surface area contributed by atoms with Crippen LogP contribution >= 0.6 is 0 Å². The van der Waals surface area contributed by atoms with Crippen LogP contribution in [-0.2, 0) is 9.53 Å². The number of hydrogen-bond acceptors (Lipinski definition) is 4. The van der Waals surface area contributed by atoms with Gasteiger partial charge >= 0.3 is 0 Å². The van der Waals surface area contributed by atoms with Gasteiger partial charge in [-0.3, -0.25) is 4.79 Å². The van der Waals surface area contributed by atoms with Crippen LogP contribution in [0, 0.1) is 23.7 Å². The van der Waals surface area contributed by atoms with E-state index in [2.05, 4.69) is 6.92 Å². The van der Waals surface area contributed by atoms with Crippen molar-refractivity contribution in [3.63, 3.8) is 0 Å². The summed E-state index contributed by atoms with van der Waals surface area (Å²) in [6, 6.07) is 0. The molecule has 4 heteroatoms. The molecule has 4 nitrogen and oxygen atoms in total. The topological polar surface area (TPSA) is 66.8 Å². The Hall–Kier alpha value is -0.710. The molecule has 3 rings (SSSR count). The number of carbonyl (C=O) groups excluding carboxylic acids is 1. The predicted molar refractivity (Wildman–Crippen MR) is 102 cm³/mol. The number of ether oxygens (including phenoxy) is 1. The quantitative estimate of drug-likeness (QED) is 0.677. The molecule has 3 fully saturated rings. The number of hydrogen-bond donors (Lipinski definition) is 2. The van der Waals surface area contributed by atoms with Crippen molar-refractivity contribution in [3.8, 4) is 0 Å². The zero-order chi connectivity index (χ0) is 18.7. The van der Waals surface area contributed by atoms with Crippen molar-refractivity contribution in [1.29, 1.82) is 0 Å². The first-order chi connectivity index (χ1) is 12.5. The predicted octanol–water partition coefficient (Wildman–Crippen LogP) is 3.65. The van der Waals surface area contributed by atoms with Gasteiger partial charge in [-0.25, -0.2) is 0 Å². The van der Waals surface area contributed by atoms with Gasteiger partial charge in [-0.05, 0) is 38.0 Å². The Morgan fingerprint density at radius 3 is 2.65 bits per heavy atom. The summed E-state index contributed by atoms with van der Waals surface area (Å²) < 4.78 is 5.74. The summed E-state index contributed by atoms with van der Waals surface area (Å²) in [6.45, 7) is 2.14. The number of ketones is 1.